The van der Waals surface area contributed by atoms with Crippen LogP contribution in [-0.2, 0) is 4.43 Å². The third-order valence-electron chi connectivity index (χ3n) is 3.10. The highest BCUT2D eigenvalue weighted by molar-refractivity contribution is 14.1. The third kappa shape index (κ3) is 2.17. The lowest BCUT2D eigenvalue weighted by Crippen LogP contribution is -1.88. The van der Waals surface area contributed by atoms with Gasteiger partial charge in [-0.05, 0) is 25.0 Å². The maximum absolute atomic E-state index is 6.23. The van der Waals surface area contributed by atoms with E-state index in [9.17, 15) is 0 Å². The molecule has 2 aromatic rings. The quantitative estimate of drug-likeness (QED) is 0.511. The van der Waals surface area contributed by atoms with Gasteiger partial charge in [-0.1, -0.05) is 57.0 Å². The summed E-state index contributed by atoms with van der Waals surface area (Å²) in [4.78, 5) is 0. The number of alkyl halides is 1. The van der Waals surface area contributed by atoms with E-state index in [0.717, 1.165) is 27.0 Å². The molecule has 0 aliphatic heterocycles. The summed E-state index contributed by atoms with van der Waals surface area (Å²) in [5.74, 6) is 1.55. The van der Waals surface area contributed by atoms with E-state index in [1.54, 1.807) is 0 Å². The number of benzene rings is 1. The van der Waals surface area contributed by atoms with Crippen molar-refractivity contribution in [2.75, 3.05) is 0 Å². The molecule has 3 rings (SSSR count). The van der Waals surface area contributed by atoms with Gasteiger partial charge in [0.15, 0.2) is 0 Å². The molecule has 0 spiro atoms. The molecule has 0 N–H and O–H groups in total. The van der Waals surface area contributed by atoms with Gasteiger partial charge in [-0.25, -0.2) is 0 Å². The van der Waals surface area contributed by atoms with Crippen LogP contribution in [0.15, 0.2) is 22.7 Å². The van der Waals surface area contributed by atoms with Crippen LogP contribution in [0, 0.1) is 0 Å². The van der Waals surface area contributed by atoms with Crippen LogP contribution in [-0.4, -0.2) is 5.16 Å². The zero-order valence-electron chi connectivity index (χ0n) is 9.42. The van der Waals surface area contributed by atoms with Crippen molar-refractivity contribution in [1.29, 1.82) is 0 Å². The first-order chi connectivity index (χ1) is 8.72. The molecule has 1 aliphatic carbocycles. The molecule has 1 saturated carbocycles. The fourth-order valence-corrected chi connectivity index (χ4v) is 3.35. The molecule has 94 valence electrons. The van der Waals surface area contributed by atoms with Gasteiger partial charge in [0.1, 0.15) is 11.5 Å². The SMILES string of the molecule is Clc1cccc(Cl)c1-c1noc(C2CC2)c1CI. The highest BCUT2D eigenvalue weighted by atomic mass is 127. The van der Waals surface area contributed by atoms with E-state index in [-0.39, 0.29) is 0 Å². The van der Waals surface area contributed by atoms with Crippen molar-refractivity contribution in [2.45, 2.75) is 23.2 Å². The van der Waals surface area contributed by atoms with Crippen LogP contribution in [0.4, 0.5) is 0 Å². The molecule has 18 heavy (non-hydrogen) atoms. The van der Waals surface area contributed by atoms with E-state index < -0.39 is 0 Å². The van der Waals surface area contributed by atoms with E-state index >= 15 is 0 Å². The van der Waals surface area contributed by atoms with Crippen LogP contribution >= 0.6 is 45.8 Å². The zero-order chi connectivity index (χ0) is 12.7. The molecule has 1 fully saturated rings. The molecular formula is C13H10Cl2INO. The monoisotopic (exact) mass is 393 g/mol. The Hall–Kier alpha value is -0.260. The first kappa shape index (κ1) is 12.8. The van der Waals surface area contributed by atoms with E-state index in [1.165, 1.54) is 12.8 Å². The van der Waals surface area contributed by atoms with Gasteiger partial charge in [-0.15, -0.1) is 0 Å². The molecule has 0 saturated heterocycles. The number of nitrogens with zero attached hydrogens (tertiary/aromatic N) is 1. The summed E-state index contributed by atoms with van der Waals surface area (Å²) in [5, 5.41) is 5.42. The molecule has 0 radical (unpaired) electrons. The average molecular weight is 394 g/mol. The minimum atomic E-state index is 0.539. The molecule has 0 bridgehead atoms. The number of halogens is 3. The maximum Gasteiger partial charge on any atom is 0.144 e. The lowest BCUT2D eigenvalue weighted by Gasteiger charge is -2.05. The minimum Gasteiger partial charge on any atom is -0.360 e. The summed E-state index contributed by atoms with van der Waals surface area (Å²) < 4.78 is 6.35. The number of hydrogen-bond donors (Lipinski definition) is 0. The average Bonchev–Trinajstić information content (AvgIpc) is 3.10. The molecule has 1 aromatic carbocycles. The predicted molar refractivity (Wildman–Crippen MR) is 81.7 cm³/mol. The van der Waals surface area contributed by atoms with Gasteiger partial charge in [0.25, 0.3) is 0 Å². The van der Waals surface area contributed by atoms with E-state index in [2.05, 4.69) is 27.7 Å². The third-order valence-corrected chi connectivity index (χ3v) is 4.49. The van der Waals surface area contributed by atoms with Gasteiger partial charge in [-0.2, -0.15) is 0 Å². The Kier molecular flexibility index (Phi) is 3.56. The van der Waals surface area contributed by atoms with Crippen molar-refractivity contribution >= 4 is 45.8 Å². The lowest BCUT2D eigenvalue weighted by molar-refractivity contribution is 0.385. The minimum absolute atomic E-state index is 0.539. The Bertz CT molecular complexity index is 572. The predicted octanol–water partition coefficient (Wildman–Crippen LogP) is 5.46. The van der Waals surface area contributed by atoms with Crippen LogP contribution in [0.5, 0.6) is 0 Å². The molecule has 1 heterocycles. The van der Waals surface area contributed by atoms with Crippen molar-refractivity contribution < 1.29 is 4.52 Å². The largest absolute Gasteiger partial charge is 0.360 e. The van der Waals surface area contributed by atoms with E-state index in [0.29, 0.717) is 16.0 Å². The van der Waals surface area contributed by atoms with E-state index in [4.69, 9.17) is 27.7 Å². The second-order valence-electron chi connectivity index (χ2n) is 4.38. The molecule has 0 amide bonds. The summed E-state index contributed by atoms with van der Waals surface area (Å²) in [6.07, 6.45) is 2.38. The summed E-state index contributed by atoms with van der Waals surface area (Å²) in [6.45, 7) is 0. The normalized spacial score (nSPS) is 15.1. The second-order valence-corrected chi connectivity index (χ2v) is 5.96. The molecule has 0 atom stereocenters. The number of hydrogen-bond acceptors (Lipinski definition) is 2. The van der Waals surface area contributed by atoms with Crippen LogP contribution in [0.1, 0.15) is 30.1 Å². The van der Waals surface area contributed by atoms with Crippen LogP contribution in [0.2, 0.25) is 10.0 Å². The van der Waals surface area contributed by atoms with Gasteiger partial charge >= 0.3 is 0 Å². The Morgan fingerprint density at radius 2 is 1.94 bits per heavy atom. The molecule has 1 aliphatic rings. The van der Waals surface area contributed by atoms with Crippen molar-refractivity contribution in [3.05, 3.63) is 39.6 Å². The Balaban J connectivity index is 2.16. The van der Waals surface area contributed by atoms with Gasteiger partial charge in [-0.3, -0.25) is 0 Å². The van der Waals surface area contributed by atoms with Gasteiger partial charge in [0, 0.05) is 21.5 Å². The van der Waals surface area contributed by atoms with Gasteiger partial charge in [0.05, 0.1) is 10.0 Å². The fraction of sp³-hybridized carbons (Fsp3) is 0.308. The number of aromatic nitrogens is 1. The highest BCUT2D eigenvalue weighted by Gasteiger charge is 2.32. The summed E-state index contributed by atoms with van der Waals surface area (Å²) in [6, 6.07) is 5.48. The molecule has 1 aromatic heterocycles. The van der Waals surface area contributed by atoms with Crippen molar-refractivity contribution in [2.24, 2.45) is 0 Å². The van der Waals surface area contributed by atoms with Crippen molar-refractivity contribution in [3.63, 3.8) is 0 Å². The highest BCUT2D eigenvalue weighted by Crippen LogP contribution is 2.46. The van der Waals surface area contributed by atoms with Crippen molar-refractivity contribution in [1.82, 2.24) is 5.16 Å². The summed E-state index contributed by atoms with van der Waals surface area (Å²) in [5.41, 5.74) is 2.71. The van der Waals surface area contributed by atoms with Gasteiger partial charge in [0.2, 0.25) is 0 Å². The van der Waals surface area contributed by atoms with Crippen LogP contribution in [0.25, 0.3) is 11.3 Å². The smallest absolute Gasteiger partial charge is 0.144 e. The fourth-order valence-electron chi connectivity index (χ4n) is 2.04. The Morgan fingerprint density at radius 3 is 2.50 bits per heavy atom. The standard InChI is InChI=1S/C13H10Cl2INO/c14-9-2-1-3-10(15)11(9)12-8(6-16)13(18-17-12)7-4-5-7/h1-3,7H,4-6H2. The summed E-state index contributed by atoms with van der Waals surface area (Å²) in [7, 11) is 0. The van der Waals surface area contributed by atoms with Gasteiger partial charge < -0.3 is 4.52 Å². The maximum atomic E-state index is 6.23. The Labute approximate surface area is 129 Å². The van der Waals surface area contributed by atoms with Crippen LogP contribution < -0.4 is 0 Å². The Morgan fingerprint density at radius 1 is 1.28 bits per heavy atom. The topological polar surface area (TPSA) is 26.0 Å². The first-order valence-electron chi connectivity index (χ1n) is 5.71. The molecule has 2 nitrogen and oxygen atoms in total. The van der Waals surface area contributed by atoms with Crippen LogP contribution in [0.3, 0.4) is 0 Å². The second kappa shape index (κ2) is 5.02. The summed E-state index contributed by atoms with van der Waals surface area (Å²) >= 11 is 14.8. The molecular weight excluding hydrogens is 384 g/mol. The lowest BCUT2D eigenvalue weighted by atomic mass is 10.1. The first-order valence-corrected chi connectivity index (χ1v) is 7.99. The molecule has 0 unspecified atom stereocenters. The number of rotatable bonds is 3. The zero-order valence-corrected chi connectivity index (χ0v) is 13.1. The molecule has 5 heteroatoms. The van der Waals surface area contributed by atoms with E-state index in [1.807, 2.05) is 18.2 Å². The van der Waals surface area contributed by atoms with Crippen molar-refractivity contribution in [3.8, 4) is 11.3 Å².